The van der Waals surface area contributed by atoms with Crippen LogP contribution in [0, 0.1) is 11.8 Å². The first-order chi connectivity index (χ1) is 22.7. The van der Waals surface area contributed by atoms with E-state index in [0.717, 1.165) is 76.0 Å². The fraction of sp³-hybridized carbons (Fsp3) is 0.927. The Balaban J connectivity index is 4.17. The van der Waals surface area contributed by atoms with Crippen LogP contribution in [0.3, 0.4) is 0 Å². The van der Waals surface area contributed by atoms with Crippen LogP contribution >= 0.6 is 0 Å². The molecule has 0 N–H and O–H groups in total. The number of hydrogen-bond donors (Lipinski definition) is 0. The van der Waals surface area contributed by atoms with Gasteiger partial charge < -0.3 is 14.2 Å². The summed E-state index contributed by atoms with van der Waals surface area (Å²) in [7, 11) is 0. The van der Waals surface area contributed by atoms with Crippen molar-refractivity contribution in [2.45, 2.75) is 221 Å². The summed E-state index contributed by atoms with van der Waals surface area (Å²) in [6.07, 6.45) is 29.9. The average Bonchev–Trinajstić information content (AvgIpc) is 3.03. The van der Waals surface area contributed by atoms with Gasteiger partial charge in [-0.05, 0) is 31.1 Å². The molecule has 0 aliphatic carbocycles. The molecule has 0 saturated heterocycles. The number of esters is 3. The number of rotatable bonds is 35. The predicted octanol–water partition coefficient (Wildman–Crippen LogP) is 12.2. The second-order valence-electron chi connectivity index (χ2n) is 14.9. The quantitative estimate of drug-likeness (QED) is 0.0380. The van der Waals surface area contributed by atoms with E-state index in [1.54, 1.807) is 0 Å². The van der Waals surface area contributed by atoms with E-state index in [9.17, 15) is 14.4 Å². The molecule has 278 valence electrons. The standard InChI is InChI=1S/C41H78O6/c1-6-7-8-19-28-33-41(44)47-38(35-46-40(43)32-27-23-18-17-21-25-30-37(4)5)34-45-39(42)31-26-22-16-14-12-10-9-11-13-15-20-24-29-36(2)3/h36-38H,6-35H2,1-5H3/t38-/m1/s1. The normalized spacial score (nSPS) is 12.1. The molecule has 0 aromatic heterocycles. The van der Waals surface area contributed by atoms with E-state index < -0.39 is 6.10 Å². The molecule has 1 atom stereocenters. The first-order valence-electron chi connectivity index (χ1n) is 20.2. The Bertz CT molecular complexity index is 719. The van der Waals surface area contributed by atoms with Crippen molar-refractivity contribution >= 4 is 17.9 Å². The van der Waals surface area contributed by atoms with Crippen molar-refractivity contribution in [2.24, 2.45) is 11.8 Å². The van der Waals surface area contributed by atoms with Gasteiger partial charge in [0.15, 0.2) is 6.10 Å². The lowest BCUT2D eigenvalue weighted by atomic mass is 10.0. The molecule has 6 nitrogen and oxygen atoms in total. The third-order valence-electron chi connectivity index (χ3n) is 8.97. The van der Waals surface area contributed by atoms with E-state index in [1.165, 1.54) is 96.3 Å². The maximum absolute atomic E-state index is 12.5. The van der Waals surface area contributed by atoms with Crippen LogP contribution in [0.15, 0.2) is 0 Å². The van der Waals surface area contributed by atoms with Gasteiger partial charge in [0.1, 0.15) is 13.2 Å². The Kier molecular flexibility index (Phi) is 33.1. The lowest BCUT2D eigenvalue weighted by Gasteiger charge is -2.18. The number of carbonyl (C=O) groups is 3. The van der Waals surface area contributed by atoms with Gasteiger partial charge in [0.2, 0.25) is 0 Å². The topological polar surface area (TPSA) is 78.9 Å². The van der Waals surface area contributed by atoms with E-state index in [-0.39, 0.29) is 31.1 Å². The summed E-state index contributed by atoms with van der Waals surface area (Å²) in [5, 5.41) is 0. The molecule has 0 spiro atoms. The summed E-state index contributed by atoms with van der Waals surface area (Å²) in [6.45, 7) is 11.2. The van der Waals surface area contributed by atoms with Gasteiger partial charge in [-0.1, -0.05) is 176 Å². The minimum absolute atomic E-state index is 0.0677. The summed E-state index contributed by atoms with van der Waals surface area (Å²) in [6, 6.07) is 0. The van der Waals surface area contributed by atoms with E-state index in [0.29, 0.717) is 19.3 Å². The molecule has 0 radical (unpaired) electrons. The number of hydrogen-bond acceptors (Lipinski definition) is 6. The Morgan fingerprint density at radius 3 is 1.04 bits per heavy atom. The van der Waals surface area contributed by atoms with Crippen LogP contribution in [-0.2, 0) is 28.6 Å². The highest BCUT2D eigenvalue weighted by molar-refractivity contribution is 5.71. The molecule has 0 fully saturated rings. The maximum atomic E-state index is 12.5. The fourth-order valence-electron chi connectivity index (χ4n) is 5.87. The molecule has 0 bridgehead atoms. The Morgan fingerprint density at radius 2 is 0.702 bits per heavy atom. The number of carbonyl (C=O) groups excluding carboxylic acids is 3. The molecule has 0 aromatic rings. The summed E-state index contributed by atoms with van der Waals surface area (Å²) in [5.74, 6) is 0.714. The predicted molar refractivity (Wildman–Crippen MR) is 196 cm³/mol. The lowest BCUT2D eigenvalue weighted by molar-refractivity contribution is -0.167. The van der Waals surface area contributed by atoms with Crippen molar-refractivity contribution in [1.29, 1.82) is 0 Å². The van der Waals surface area contributed by atoms with Crippen LogP contribution in [0.25, 0.3) is 0 Å². The van der Waals surface area contributed by atoms with Gasteiger partial charge in [-0.3, -0.25) is 14.4 Å². The molecule has 0 saturated carbocycles. The van der Waals surface area contributed by atoms with Gasteiger partial charge in [-0.15, -0.1) is 0 Å². The van der Waals surface area contributed by atoms with E-state index in [1.807, 2.05) is 0 Å². The molecule has 0 amide bonds. The minimum Gasteiger partial charge on any atom is -0.462 e. The number of unbranched alkanes of at least 4 members (excludes halogenated alkanes) is 20. The van der Waals surface area contributed by atoms with Crippen LogP contribution in [0.1, 0.15) is 214 Å². The molecule has 0 heterocycles. The minimum atomic E-state index is -0.757. The molecule has 0 aromatic carbocycles. The smallest absolute Gasteiger partial charge is 0.306 e. The summed E-state index contributed by atoms with van der Waals surface area (Å²) in [4.78, 5) is 37.2. The van der Waals surface area contributed by atoms with E-state index >= 15 is 0 Å². The SMILES string of the molecule is CCCCCCCC(=O)O[C@H](COC(=O)CCCCCCCCCCCCCCC(C)C)COC(=O)CCCCCCCCC(C)C. The van der Waals surface area contributed by atoms with Crippen molar-refractivity contribution in [3.63, 3.8) is 0 Å². The Labute approximate surface area is 291 Å². The van der Waals surface area contributed by atoms with Crippen LogP contribution in [0.5, 0.6) is 0 Å². The monoisotopic (exact) mass is 667 g/mol. The number of ether oxygens (including phenoxy) is 3. The highest BCUT2D eigenvalue weighted by Gasteiger charge is 2.19. The third kappa shape index (κ3) is 35.5. The molecule has 6 heteroatoms. The molecule has 0 aliphatic heterocycles. The molecule has 0 rings (SSSR count). The summed E-state index contributed by atoms with van der Waals surface area (Å²) >= 11 is 0. The van der Waals surface area contributed by atoms with Gasteiger partial charge >= 0.3 is 17.9 Å². The molecular formula is C41H78O6. The van der Waals surface area contributed by atoms with Crippen LogP contribution in [0.4, 0.5) is 0 Å². The maximum Gasteiger partial charge on any atom is 0.306 e. The van der Waals surface area contributed by atoms with Crippen LogP contribution in [0.2, 0.25) is 0 Å². The Hall–Kier alpha value is -1.59. The largest absolute Gasteiger partial charge is 0.462 e. The van der Waals surface area contributed by atoms with Gasteiger partial charge in [-0.2, -0.15) is 0 Å². The van der Waals surface area contributed by atoms with Crippen molar-refractivity contribution < 1.29 is 28.6 Å². The van der Waals surface area contributed by atoms with E-state index in [4.69, 9.17) is 14.2 Å². The third-order valence-corrected chi connectivity index (χ3v) is 8.97. The lowest BCUT2D eigenvalue weighted by Crippen LogP contribution is -2.30. The van der Waals surface area contributed by atoms with Gasteiger partial charge in [-0.25, -0.2) is 0 Å². The summed E-state index contributed by atoms with van der Waals surface area (Å²) < 4.78 is 16.5. The van der Waals surface area contributed by atoms with Gasteiger partial charge in [0, 0.05) is 19.3 Å². The van der Waals surface area contributed by atoms with Crippen LogP contribution < -0.4 is 0 Å². The zero-order valence-corrected chi connectivity index (χ0v) is 31.9. The van der Waals surface area contributed by atoms with E-state index in [2.05, 4.69) is 34.6 Å². The zero-order valence-electron chi connectivity index (χ0n) is 31.9. The fourth-order valence-corrected chi connectivity index (χ4v) is 5.87. The average molecular weight is 667 g/mol. The van der Waals surface area contributed by atoms with Crippen molar-refractivity contribution in [1.82, 2.24) is 0 Å². The first-order valence-corrected chi connectivity index (χ1v) is 20.2. The second kappa shape index (κ2) is 34.3. The summed E-state index contributed by atoms with van der Waals surface area (Å²) in [5.41, 5.74) is 0. The van der Waals surface area contributed by atoms with Crippen molar-refractivity contribution in [3.05, 3.63) is 0 Å². The second-order valence-corrected chi connectivity index (χ2v) is 14.9. The molecule has 0 aliphatic rings. The Morgan fingerprint density at radius 1 is 0.404 bits per heavy atom. The highest BCUT2D eigenvalue weighted by atomic mass is 16.6. The van der Waals surface area contributed by atoms with Crippen molar-refractivity contribution in [3.8, 4) is 0 Å². The molecular weight excluding hydrogens is 588 g/mol. The van der Waals surface area contributed by atoms with Gasteiger partial charge in [0.25, 0.3) is 0 Å². The molecule has 0 unspecified atom stereocenters. The van der Waals surface area contributed by atoms with Gasteiger partial charge in [0.05, 0.1) is 0 Å². The zero-order chi connectivity index (χ0) is 34.8. The highest BCUT2D eigenvalue weighted by Crippen LogP contribution is 2.16. The van der Waals surface area contributed by atoms with Crippen molar-refractivity contribution in [2.75, 3.05) is 13.2 Å². The first kappa shape index (κ1) is 45.4. The van der Waals surface area contributed by atoms with Crippen LogP contribution in [-0.4, -0.2) is 37.2 Å². The molecule has 47 heavy (non-hydrogen) atoms.